The SMILES string of the molecule is C=CC1=CCC(OC2=CCC(C3(C4=CC=C(F)CC4)C4C=C(N(C5=CC6C7=C(CCC(N(C8=CC=CCC8)c8ccc9c(c8)C(C8=CC=C(F)CC8)(C8C=CC(OC%10=CCC(C=C)C=C%10)=CC8)c8ccccc8-9)=C7)OC6C=C5)c5ccccc5)C=CC4C4C=CCCC43)C=C2)C=C1. The highest BCUT2D eigenvalue weighted by Gasteiger charge is 2.63. The van der Waals surface area contributed by atoms with E-state index in [0.29, 0.717) is 43.4 Å². The van der Waals surface area contributed by atoms with Crippen LogP contribution in [0.2, 0.25) is 0 Å². The lowest BCUT2D eigenvalue weighted by Gasteiger charge is -2.50. The van der Waals surface area contributed by atoms with E-state index in [2.05, 4.69) is 254 Å². The molecule has 0 bridgehead atoms. The third kappa shape index (κ3) is 10.7. The molecular formula is C90H84F2N2O3. The number of benzene rings is 3. The molecule has 0 aromatic heterocycles. The van der Waals surface area contributed by atoms with Crippen molar-refractivity contribution in [2.45, 2.75) is 108 Å². The molecule has 14 aliphatic rings. The normalized spacial score (nSPS) is 31.4. The van der Waals surface area contributed by atoms with Gasteiger partial charge < -0.3 is 24.0 Å². The fourth-order valence-electron chi connectivity index (χ4n) is 19.3. The molecule has 1 saturated carbocycles. The Balaban J connectivity index is 0.730. The molecule has 3 aromatic carbocycles. The predicted molar refractivity (Wildman–Crippen MR) is 390 cm³/mol. The van der Waals surface area contributed by atoms with Gasteiger partial charge in [-0.15, -0.1) is 6.58 Å². The minimum absolute atomic E-state index is 0.0246. The number of hydrogen-bond donors (Lipinski definition) is 0. The van der Waals surface area contributed by atoms with Crippen molar-refractivity contribution in [3.8, 4) is 11.1 Å². The summed E-state index contributed by atoms with van der Waals surface area (Å²) in [7, 11) is 0. The molecule has 0 N–H and O–H groups in total. The molecule has 1 aliphatic heterocycles. The van der Waals surface area contributed by atoms with E-state index < -0.39 is 5.41 Å². The zero-order valence-electron chi connectivity index (χ0n) is 55.2. The van der Waals surface area contributed by atoms with Gasteiger partial charge in [-0.25, -0.2) is 8.78 Å². The summed E-state index contributed by atoms with van der Waals surface area (Å²) >= 11 is 0. The average Bonchev–Trinajstić information content (AvgIpc) is 1.56. The maximum Gasteiger partial charge on any atom is 0.127 e. The Bertz CT molecular complexity index is 4480. The van der Waals surface area contributed by atoms with Crippen LogP contribution in [0.5, 0.6) is 0 Å². The van der Waals surface area contributed by atoms with Crippen LogP contribution < -0.4 is 9.80 Å². The molecule has 17 rings (SSSR count). The number of para-hydroxylation sites is 1. The highest BCUT2D eigenvalue weighted by molar-refractivity contribution is 5.86. The van der Waals surface area contributed by atoms with Crippen molar-refractivity contribution in [3.63, 3.8) is 0 Å². The minimum Gasteiger partial charge on any atom is -0.489 e. The summed E-state index contributed by atoms with van der Waals surface area (Å²) in [6.45, 7) is 7.97. The molecule has 12 unspecified atom stereocenters. The average molecular weight is 1280 g/mol. The van der Waals surface area contributed by atoms with E-state index in [1.54, 1.807) is 12.2 Å². The number of hydrogen-bond acceptors (Lipinski definition) is 5. The van der Waals surface area contributed by atoms with Crippen molar-refractivity contribution < 1.29 is 23.0 Å². The predicted octanol–water partition coefficient (Wildman–Crippen LogP) is 22.4. The van der Waals surface area contributed by atoms with Crippen molar-refractivity contribution in [2.24, 2.45) is 52.8 Å². The van der Waals surface area contributed by atoms with E-state index in [-0.39, 0.29) is 58.9 Å². The van der Waals surface area contributed by atoms with Crippen LogP contribution >= 0.6 is 0 Å². The van der Waals surface area contributed by atoms with Gasteiger partial charge >= 0.3 is 0 Å². The van der Waals surface area contributed by atoms with Crippen LogP contribution in [0.15, 0.2) is 348 Å². The first kappa shape index (κ1) is 61.2. The van der Waals surface area contributed by atoms with Crippen molar-refractivity contribution in [1.82, 2.24) is 0 Å². The third-order valence-electron chi connectivity index (χ3n) is 23.6. The van der Waals surface area contributed by atoms with Crippen LogP contribution in [0.3, 0.4) is 0 Å². The summed E-state index contributed by atoms with van der Waals surface area (Å²) in [6, 6.07) is 27.1. The number of nitrogens with zero attached hydrogens (tertiary/aromatic N) is 2. The van der Waals surface area contributed by atoms with Gasteiger partial charge in [-0.1, -0.05) is 157 Å². The molecule has 12 atom stereocenters. The Morgan fingerprint density at radius 3 is 2.07 bits per heavy atom. The number of anilines is 2. The summed E-state index contributed by atoms with van der Waals surface area (Å²) in [5, 5.41) is 0. The molecule has 3 aromatic rings. The molecular weight excluding hydrogens is 1190 g/mol. The summed E-state index contributed by atoms with van der Waals surface area (Å²) < 4.78 is 50.9. The van der Waals surface area contributed by atoms with Gasteiger partial charge in [-0.3, -0.25) is 0 Å². The standard InChI is InChI=1S/C90H84F2N2O3/c1-3-59-23-43-73(44-24-59)95-75-47-31-63(32-48-75)89(61-27-35-65(91)36-28-61)83-21-13-11-19-77(83)79-51-39-71(57-85(79)89)93(67-15-7-5-8-16-67)69-41-53-87-81(55-69)82-56-70(42-54-88(82)97-87)94(68-17-9-6-10-18-68)72-40-52-80-78-20-12-14-22-84(78)90(86(80)58-72,62-29-37-66(92)38-30-62)64-33-49-76(50-34-64)96-74-45-25-60(4-2)26-46-74/h3-9,11-12,14-17,19-20,22-25,27,29,31,33,35,37,39-41,43,45-53,55-58,60,63-64,73,77,79,81,83,85,87H,1-2,10,13,18,21,26,28,30,32,34,36,38,42,44,54H2. The number of rotatable bonds is 16. The van der Waals surface area contributed by atoms with E-state index in [1.165, 1.54) is 50.4 Å². The van der Waals surface area contributed by atoms with Crippen molar-refractivity contribution in [1.29, 1.82) is 0 Å². The summed E-state index contributed by atoms with van der Waals surface area (Å²) in [4.78, 5) is 5.07. The molecule has 0 amide bonds. The third-order valence-corrected chi connectivity index (χ3v) is 23.6. The zero-order chi connectivity index (χ0) is 65.2. The van der Waals surface area contributed by atoms with Crippen molar-refractivity contribution in [3.05, 3.63) is 359 Å². The first-order valence-electron chi connectivity index (χ1n) is 35.8. The fourth-order valence-corrected chi connectivity index (χ4v) is 19.3. The van der Waals surface area contributed by atoms with E-state index in [4.69, 9.17) is 14.2 Å². The van der Waals surface area contributed by atoms with Crippen LogP contribution in [0.25, 0.3) is 11.1 Å². The largest absolute Gasteiger partial charge is 0.489 e. The number of allylic oxidation sites excluding steroid dienone is 34. The van der Waals surface area contributed by atoms with Gasteiger partial charge in [0.05, 0.1) is 0 Å². The van der Waals surface area contributed by atoms with Gasteiger partial charge in [0.1, 0.15) is 46.9 Å². The lowest BCUT2D eigenvalue weighted by atomic mass is 9.54. The van der Waals surface area contributed by atoms with E-state index in [0.717, 1.165) is 116 Å². The first-order valence-corrected chi connectivity index (χ1v) is 35.8. The van der Waals surface area contributed by atoms with Crippen LogP contribution in [0.1, 0.15) is 101 Å². The number of ether oxygens (including phenoxy) is 3. The molecule has 13 aliphatic carbocycles. The summed E-state index contributed by atoms with van der Waals surface area (Å²) in [6.07, 6.45) is 78.1. The Kier molecular flexibility index (Phi) is 16.1. The van der Waals surface area contributed by atoms with Crippen LogP contribution in [-0.4, -0.2) is 12.2 Å². The monoisotopic (exact) mass is 1280 g/mol. The van der Waals surface area contributed by atoms with Gasteiger partial charge in [0.25, 0.3) is 0 Å². The van der Waals surface area contributed by atoms with Gasteiger partial charge in [0, 0.05) is 82.2 Å². The second kappa shape index (κ2) is 25.5. The first-order chi connectivity index (χ1) is 47.7. The smallest absolute Gasteiger partial charge is 0.127 e. The quantitative estimate of drug-likeness (QED) is 0.134. The zero-order valence-corrected chi connectivity index (χ0v) is 55.2. The van der Waals surface area contributed by atoms with Gasteiger partial charge in [0.2, 0.25) is 0 Å². The Morgan fingerprint density at radius 2 is 1.33 bits per heavy atom. The second-order valence-corrected chi connectivity index (χ2v) is 28.6. The van der Waals surface area contributed by atoms with Crippen molar-refractivity contribution >= 4 is 11.4 Å². The summed E-state index contributed by atoms with van der Waals surface area (Å²) in [5.74, 6) is 5.24. The summed E-state index contributed by atoms with van der Waals surface area (Å²) in [5.41, 5.74) is 16.2. The maximum absolute atomic E-state index is 15.4. The van der Waals surface area contributed by atoms with E-state index >= 15 is 8.78 Å². The van der Waals surface area contributed by atoms with Crippen LogP contribution in [0, 0.1) is 52.8 Å². The molecule has 0 saturated heterocycles. The Hall–Kier alpha value is -9.46. The molecule has 97 heavy (non-hydrogen) atoms. The highest BCUT2D eigenvalue weighted by Crippen LogP contribution is 2.69. The van der Waals surface area contributed by atoms with Crippen LogP contribution in [0.4, 0.5) is 20.2 Å². The van der Waals surface area contributed by atoms with E-state index in [1.807, 2.05) is 12.2 Å². The molecule has 1 fully saturated rings. The topological polar surface area (TPSA) is 34.2 Å². The number of fused-ring (bicyclic) bond motifs is 8. The second-order valence-electron chi connectivity index (χ2n) is 28.6. The Labute approximate surface area is 571 Å². The Morgan fingerprint density at radius 1 is 0.567 bits per heavy atom. The molecule has 5 nitrogen and oxygen atoms in total. The molecule has 7 heteroatoms. The van der Waals surface area contributed by atoms with E-state index in [9.17, 15) is 0 Å². The lowest BCUT2D eigenvalue weighted by molar-refractivity contribution is 0.110. The minimum atomic E-state index is -0.567. The maximum atomic E-state index is 15.4. The van der Waals surface area contributed by atoms with Gasteiger partial charge in [0.15, 0.2) is 0 Å². The van der Waals surface area contributed by atoms with Crippen molar-refractivity contribution in [2.75, 3.05) is 9.80 Å². The van der Waals surface area contributed by atoms with Crippen LogP contribution in [-0.2, 0) is 19.6 Å². The molecule has 0 radical (unpaired) electrons. The fraction of sp³-hybridized carbons (Fsp3) is 0.289. The number of halogens is 2. The lowest BCUT2D eigenvalue weighted by Crippen LogP contribution is -2.43. The molecule has 486 valence electrons. The van der Waals surface area contributed by atoms with Gasteiger partial charge in [-0.05, 0) is 249 Å². The van der Waals surface area contributed by atoms with Gasteiger partial charge in [-0.2, -0.15) is 0 Å². The highest BCUT2D eigenvalue weighted by atomic mass is 19.1. The molecule has 0 spiro atoms. The molecule has 1 heterocycles.